The van der Waals surface area contributed by atoms with E-state index in [0.717, 1.165) is 45.4 Å². The number of nitrogens with one attached hydrogen (secondary N) is 1. The van der Waals surface area contributed by atoms with Gasteiger partial charge in [-0.2, -0.15) is 0 Å². The van der Waals surface area contributed by atoms with Crippen molar-refractivity contribution in [2.45, 2.75) is 38.6 Å². The average Bonchev–Trinajstić information content (AvgIpc) is 2.45. The van der Waals surface area contributed by atoms with Crippen LogP contribution in [0.15, 0.2) is 0 Å². The third-order valence-electron chi connectivity index (χ3n) is 4.25. The third kappa shape index (κ3) is 3.85. The fourth-order valence-electron chi connectivity index (χ4n) is 3.18. The van der Waals surface area contributed by atoms with Crippen molar-refractivity contribution in [3.05, 3.63) is 0 Å². The molecule has 6 heteroatoms. The minimum absolute atomic E-state index is 0.0118. The lowest BCUT2D eigenvalue weighted by molar-refractivity contribution is -0.119. The lowest BCUT2D eigenvalue weighted by atomic mass is 10.00. The molecule has 1 atom stereocenters. The molecule has 0 aromatic carbocycles. The maximum Gasteiger partial charge on any atom is 0.320 e. The van der Waals surface area contributed by atoms with Gasteiger partial charge >= 0.3 is 6.03 Å². The zero-order valence-corrected chi connectivity index (χ0v) is 12.3. The van der Waals surface area contributed by atoms with Crippen molar-refractivity contribution < 1.29 is 9.59 Å². The number of rotatable bonds is 3. The molecule has 0 bridgehead atoms. The highest BCUT2D eigenvalue weighted by atomic mass is 16.2. The lowest BCUT2D eigenvalue weighted by Gasteiger charge is -2.39. The SMILES string of the molecule is CC1CCCN(C(=O)N(CC(N)=O)C2CCNCC2)C1. The number of hydrogen-bond acceptors (Lipinski definition) is 3. The minimum atomic E-state index is -0.429. The first kappa shape index (κ1) is 15.1. The van der Waals surface area contributed by atoms with Crippen LogP contribution in [0.4, 0.5) is 4.79 Å². The number of hydrogen-bond donors (Lipinski definition) is 2. The Kier molecular flexibility index (Phi) is 5.23. The molecule has 2 aliphatic rings. The molecule has 0 radical (unpaired) electrons. The van der Waals surface area contributed by atoms with Gasteiger partial charge in [-0.3, -0.25) is 4.79 Å². The van der Waals surface area contributed by atoms with Gasteiger partial charge in [-0.1, -0.05) is 6.92 Å². The fourth-order valence-corrected chi connectivity index (χ4v) is 3.18. The van der Waals surface area contributed by atoms with Gasteiger partial charge in [0, 0.05) is 19.1 Å². The molecule has 20 heavy (non-hydrogen) atoms. The van der Waals surface area contributed by atoms with Crippen LogP contribution in [-0.4, -0.2) is 60.5 Å². The third-order valence-corrected chi connectivity index (χ3v) is 4.25. The molecule has 0 spiro atoms. The average molecular weight is 282 g/mol. The van der Waals surface area contributed by atoms with Crippen LogP contribution in [-0.2, 0) is 4.79 Å². The van der Waals surface area contributed by atoms with Crippen molar-refractivity contribution in [3.63, 3.8) is 0 Å². The van der Waals surface area contributed by atoms with E-state index in [1.807, 2.05) is 4.90 Å². The molecule has 2 fully saturated rings. The molecule has 3 amide bonds. The summed E-state index contributed by atoms with van der Waals surface area (Å²) in [4.78, 5) is 27.6. The number of nitrogens with zero attached hydrogens (tertiary/aromatic N) is 2. The largest absolute Gasteiger partial charge is 0.368 e. The van der Waals surface area contributed by atoms with E-state index in [1.165, 1.54) is 6.42 Å². The van der Waals surface area contributed by atoms with Crippen molar-refractivity contribution >= 4 is 11.9 Å². The first-order valence-corrected chi connectivity index (χ1v) is 7.62. The Morgan fingerprint density at radius 2 is 2.00 bits per heavy atom. The Labute approximate surface area is 120 Å². The van der Waals surface area contributed by atoms with Gasteiger partial charge in [0.2, 0.25) is 5.91 Å². The molecule has 1 unspecified atom stereocenters. The zero-order valence-electron chi connectivity index (χ0n) is 12.3. The van der Waals surface area contributed by atoms with Crippen molar-refractivity contribution in [2.24, 2.45) is 11.7 Å². The van der Waals surface area contributed by atoms with Crippen LogP contribution in [0.2, 0.25) is 0 Å². The molecule has 0 aliphatic carbocycles. The van der Waals surface area contributed by atoms with Gasteiger partial charge < -0.3 is 20.9 Å². The quantitative estimate of drug-likeness (QED) is 0.785. The van der Waals surface area contributed by atoms with E-state index in [1.54, 1.807) is 4.90 Å². The normalized spacial score (nSPS) is 24.4. The summed E-state index contributed by atoms with van der Waals surface area (Å²) in [5, 5.41) is 3.28. The van der Waals surface area contributed by atoms with Gasteiger partial charge in [0.15, 0.2) is 0 Å². The van der Waals surface area contributed by atoms with Crippen LogP contribution in [0.3, 0.4) is 0 Å². The van der Waals surface area contributed by atoms with Gasteiger partial charge in [-0.05, 0) is 44.7 Å². The summed E-state index contributed by atoms with van der Waals surface area (Å²) in [7, 11) is 0. The first-order valence-electron chi connectivity index (χ1n) is 7.62. The van der Waals surface area contributed by atoms with Crippen LogP contribution in [0, 0.1) is 5.92 Å². The van der Waals surface area contributed by atoms with Gasteiger partial charge in [0.05, 0.1) is 0 Å². The van der Waals surface area contributed by atoms with Gasteiger partial charge in [-0.15, -0.1) is 0 Å². The predicted octanol–water partition coefficient (Wildman–Crippen LogP) is 0.378. The maximum atomic E-state index is 12.7. The van der Waals surface area contributed by atoms with E-state index in [4.69, 9.17) is 5.73 Å². The summed E-state index contributed by atoms with van der Waals surface area (Å²) in [6.07, 6.45) is 4.00. The summed E-state index contributed by atoms with van der Waals surface area (Å²) in [6, 6.07) is 0.121. The number of piperidine rings is 2. The van der Waals surface area contributed by atoms with Crippen LogP contribution >= 0.6 is 0 Å². The van der Waals surface area contributed by atoms with E-state index in [0.29, 0.717) is 5.92 Å². The van der Waals surface area contributed by atoms with Gasteiger partial charge in [0.25, 0.3) is 0 Å². The van der Waals surface area contributed by atoms with Crippen LogP contribution in [0.1, 0.15) is 32.6 Å². The van der Waals surface area contributed by atoms with Crippen molar-refractivity contribution in [1.29, 1.82) is 0 Å². The molecule has 114 valence electrons. The predicted molar refractivity (Wildman–Crippen MR) is 77.2 cm³/mol. The van der Waals surface area contributed by atoms with E-state index < -0.39 is 5.91 Å². The fraction of sp³-hybridized carbons (Fsp3) is 0.857. The van der Waals surface area contributed by atoms with Crippen LogP contribution in [0.25, 0.3) is 0 Å². The Morgan fingerprint density at radius 1 is 1.30 bits per heavy atom. The molecule has 3 N–H and O–H groups in total. The summed E-state index contributed by atoms with van der Waals surface area (Å²) in [5.41, 5.74) is 5.33. The highest BCUT2D eigenvalue weighted by Crippen LogP contribution is 2.20. The summed E-state index contributed by atoms with van der Waals surface area (Å²) in [5.74, 6) is 0.109. The number of carbonyl (C=O) groups excluding carboxylic acids is 2. The standard InChI is InChI=1S/C14H26N4O2/c1-11-3-2-8-17(9-11)14(20)18(10-13(15)19)12-4-6-16-7-5-12/h11-12,16H,2-10H2,1H3,(H2,15,19). The van der Waals surface area contributed by atoms with Gasteiger partial charge in [0.1, 0.15) is 6.54 Å². The molecule has 6 nitrogen and oxygen atoms in total. The van der Waals surface area contributed by atoms with Crippen LogP contribution in [0.5, 0.6) is 0 Å². The topological polar surface area (TPSA) is 78.7 Å². The van der Waals surface area contributed by atoms with Crippen molar-refractivity contribution in [1.82, 2.24) is 15.1 Å². The van der Waals surface area contributed by atoms with E-state index in [-0.39, 0.29) is 18.6 Å². The van der Waals surface area contributed by atoms with E-state index in [2.05, 4.69) is 12.2 Å². The number of nitrogens with two attached hydrogens (primary N) is 1. The zero-order chi connectivity index (χ0) is 14.5. The van der Waals surface area contributed by atoms with Gasteiger partial charge in [-0.25, -0.2) is 4.79 Å². The molecule has 2 saturated heterocycles. The van der Waals surface area contributed by atoms with Crippen molar-refractivity contribution in [3.8, 4) is 0 Å². The summed E-state index contributed by atoms with van der Waals surface area (Å²) >= 11 is 0. The Balaban J connectivity index is 2.04. The Morgan fingerprint density at radius 3 is 2.60 bits per heavy atom. The molecular weight excluding hydrogens is 256 g/mol. The first-order chi connectivity index (χ1) is 9.58. The van der Waals surface area contributed by atoms with E-state index >= 15 is 0 Å². The monoisotopic (exact) mass is 282 g/mol. The lowest BCUT2D eigenvalue weighted by Crippen LogP contribution is -2.55. The molecule has 2 rings (SSSR count). The highest BCUT2D eigenvalue weighted by Gasteiger charge is 2.31. The minimum Gasteiger partial charge on any atom is -0.368 e. The van der Waals surface area contributed by atoms with E-state index in [9.17, 15) is 9.59 Å². The summed E-state index contributed by atoms with van der Waals surface area (Å²) < 4.78 is 0. The second kappa shape index (κ2) is 6.92. The number of carbonyl (C=O) groups is 2. The maximum absolute atomic E-state index is 12.7. The number of amides is 3. The second-order valence-electron chi connectivity index (χ2n) is 6.05. The molecule has 0 saturated carbocycles. The summed E-state index contributed by atoms with van der Waals surface area (Å²) in [6.45, 7) is 5.58. The Hall–Kier alpha value is -1.30. The number of primary amides is 1. The highest BCUT2D eigenvalue weighted by molar-refractivity contribution is 5.83. The molecule has 2 aliphatic heterocycles. The smallest absolute Gasteiger partial charge is 0.320 e. The van der Waals surface area contributed by atoms with Crippen LogP contribution < -0.4 is 11.1 Å². The van der Waals surface area contributed by atoms with Crippen molar-refractivity contribution in [2.75, 3.05) is 32.7 Å². The molecule has 0 aromatic rings. The molecule has 2 heterocycles. The second-order valence-corrected chi connectivity index (χ2v) is 6.05. The molecular formula is C14H26N4O2. The Bertz CT molecular complexity index is 355. The number of urea groups is 1. The molecule has 0 aromatic heterocycles. The number of likely N-dealkylation sites (tertiary alicyclic amines) is 1.